The number of nitrogens with zero attached hydrogens (tertiary/aromatic N) is 3. The summed E-state index contributed by atoms with van der Waals surface area (Å²) in [7, 11) is -1.95. The Balaban J connectivity index is 1.62. The van der Waals surface area contributed by atoms with Gasteiger partial charge in [-0.2, -0.15) is 0 Å². The Morgan fingerprint density at radius 2 is 2.00 bits per heavy atom. The average Bonchev–Trinajstić information content (AvgIpc) is 2.69. The van der Waals surface area contributed by atoms with Crippen molar-refractivity contribution in [3.8, 4) is 0 Å². The summed E-state index contributed by atoms with van der Waals surface area (Å²) in [4.78, 5) is 11.0. The van der Waals surface area contributed by atoms with Crippen molar-refractivity contribution in [1.82, 2.24) is 14.7 Å². The summed E-state index contributed by atoms with van der Waals surface area (Å²) >= 11 is 0. The molecular weight excluding hydrogens is 364 g/mol. The van der Waals surface area contributed by atoms with Crippen LogP contribution in [0.1, 0.15) is 31.0 Å². The van der Waals surface area contributed by atoms with Crippen molar-refractivity contribution in [2.24, 2.45) is 0 Å². The maximum atomic E-state index is 12.7. The molecule has 7 nitrogen and oxygen atoms in total. The highest BCUT2D eigenvalue weighted by Crippen LogP contribution is 2.20. The van der Waals surface area contributed by atoms with Gasteiger partial charge in [-0.1, -0.05) is 19.1 Å². The van der Waals surface area contributed by atoms with Crippen LogP contribution < -0.4 is 9.62 Å². The van der Waals surface area contributed by atoms with E-state index in [2.05, 4.69) is 26.5 Å². The molecule has 0 bridgehead atoms. The number of anilines is 1. The van der Waals surface area contributed by atoms with E-state index in [9.17, 15) is 8.42 Å². The number of aryl methyl sites for hydroxylation is 1. The highest BCUT2D eigenvalue weighted by atomic mass is 32.2. The van der Waals surface area contributed by atoms with Gasteiger partial charge in [0.2, 0.25) is 10.0 Å². The van der Waals surface area contributed by atoms with Gasteiger partial charge in [0.25, 0.3) is 0 Å². The molecule has 0 amide bonds. The standard InChI is InChI=1S/C19H26N4O3S/c1-3-16-12-19(21-14-20-16)23-9-7-17(8-10-23)22-27(24,25)18-6-4-5-15(11-18)13-26-2/h4-6,11-12,14,17,22H,3,7-10,13H2,1-2H3. The second kappa shape index (κ2) is 8.77. The van der Waals surface area contributed by atoms with E-state index in [4.69, 9.17) is 4.74 Å². The first-order chi connectivity index (χ1) is 13.0. The largest absolute Gasteiger partial charge is 0.380 e. The summed E-state index contributed by atoms with van der Waals surface area (Å²) in [5.41, 5.74) is 1.85. The Morgan fingerprint density at radius 3 is 2.70 bits per heavy atom. The first-order valence-corrected chi connectivity index (χ1v) is 10.7. The summed E-state index contributed by atoms with van der Waals surface area (Å²) in [6, 6.07) is 8.80. The number of hydrogen-bond acceptors (Lipinski definition) is 6. The zero-order valence-electron chi connectivity index (χ0n) is 15.8. The van der Waals surface area contributed by atoms with Crippen LogP contribution in [0.3, 0.4) is 0 Å². The molecule has 3 rings (SSSR count). The van der Waals surface area contributed by atoms with Gasteiger partial charge in [0, 0.05) is 38.0 Å². The van der Waals surface area contributed by atoms with Crippen molar-refractivity contribution in [3.05, 3.63) is 47.9 Å². The first kappa shape index (κ1) is 19.7. The zero-order valence-corrected chi connectivity index (χ0v) is 16.6. The molecule has 1 saturated heterocycles. The fourth-order valence-corrected chi connectivity index (χ4v) is 4.61. The molecule has 0 saturated carbocycles. The van der Waals surface area contributed by atoms with E-state index in [-0.39, 0.29) is 10.9 Å². The second-order valence-corrected chi connectivity index (χ2v) is 8.40. The minimum atomic E-state index is -3.54. The van der Waals surface area contributed by atoms with Crippen molar-refractivity contribution >= 4 is 15.8 Å². The van der Waals surface area contributed by atoms with Gasteiger partial charge in [0.05, 0.1) is 11.5 Å². The maximum Gasteiger partial charge on any atom is 0.240 e. The number of aromatic nitrogens is 2. The fraction of sp³-hybridized carbons (Fsp3) is 0.474. The van der Waals surface area contributed by atoms with Crippen LogP contribution in [-0.2, 0) is 27.8 Å². The highest BCUT2D eigenvalue weighted by Gasteiger charge is 2.25. The molecule has 1 aliphatic rings. The van der Waals surface area contributed by atoms with Gasteiger partial charge in [-0.05, 0) is 37.0 Å². The van der Waals surface area contributed by atoms with Crippen molar-refractivity contribution in [2.45, 2.75) is 43.7 Å². The van der Waals surface area contributed by atoms with Gasteiger partial charge in [-0.25, -0.2) is 23.1 Å². The maximum absolute atomic E-state index is 12.7. The third-order valence-electron chi connectivity index (χ3n) is 4.73. The lowest BCUT2D eigenvalue weighted by Gasteiger charge is -2.33. The van der Waals surface area contributed by atoms with Crippen LogP contribution in [0.15, 0.2) is 41.6 Å². The van der Waals surface area contributed by atoms with E-state index in [1.54, 1.807) is 31.6 Å². The summed E-state index contributed by atoms with van der Waals surface area (Å²) in [5, 5.41) is 0. The summed E-state index contributed by atoms with van der Waals surface area (Å²) in [6.07, 6.45) is 3.94. The normalized spacial score (nSPS) is 15.9. The number of rotatable bonds is 7. The van der Waals surface area contributed by atoms with E-state index in [0.29, 0.717) is 6.61 Å². The van der Waals surface area contributed by atoms with Crippen molar-refractivity contribution < 1.29 is 13.2 Å². The molecule has 0 unspecified atom stereocenters. The summed E-state index contributed by atoms with van der Waals surface area (Å²) in [5.74, 6) is 0.912. The molecule has 27 heavy (non-hydrogen) atoms. The Labute approximate surface area is 160 Å². The van der Waals surface area contributed by atoms with Crippen molar-refractivity contribution in [3.63, 3.8) is 0 Å². The molecule has 1 N–H and O–H groups in total. The Bertz CT molecular complexity index is 865. The van der Waals surface area contributed by atoms with E-state index in [0.717, 1.165) is 49.4 Å². The number of sulfonamides is 1. The van der Waals surface area contributed by atoms with Gasteiger partial charge < -0.3 is 9.64 Å². The van der Waals surface area contributed by atoms with Gasteiger partial charge in [-0.15, -0.1) is 0 Å². The molecule has 0 aliphatic carbocycles. The number of methoxy groups -OCH3 is 1. The molecular formula is C19H26N4O3S. The molecule has 1 aromatic carbocycles. The van der Waals surface area contributed by atoms with Gasteiger partial charge in [0.15, 0.2) is 0 Å². The molecule has 2 aromatic rings. The lowest BCUT2D eigenvalue weighted by molar-refractivity contribution is 0.184. The fourth-order valence-electron chi connectivity index (χ4n) is 3.24. The third-order valence-corrected chi connectivity index (χ3v) is 6.25. The minimum Gasteiger partial charge on any atom is -0.380 e. The number of ether oxygens (including phenoxy) is 1. The molecule has 8 heteroatoms. The highest BCUT2D eigenvalue weighted by molar-refractivity contribution is 7.89. The van der Waals surface area contributed by atoms with E-state index >= 15 is 0 Å². The number of piperidine rings is 1. The molecule has 2 heterocycles. The zero-order chi connectivity index (χ0) is 19.3. The van der Waals surface area contributed by atoms with Crippen molar-refractivity contribution in [1.29, 1.82) is 0 Å². The van der Waals surface area contributed by atoms with E-state index in [1.165, 1.54) is 0 Å². The SMILES string of the molecule is CCc1cc(N2CCC(NS(=O)(=O)c3cccc(COC)c3)CC2)ncn1. The lowest BCUT2D eigenvalue weighted by atomic mass is 10.1. The van der Waals surface area contributed by atoms with Crippen LogP contribution in [0.2, 0.25) is 0 Å². The third kappa shape index (κ3) is 5.03. The first-order valence-electron chi connectivity index (χ1n) is 9.18. The van der Waals surface area contributed by atoms with Crippen LogP contribution >= 0.6 is 0 Å². The molecule has 0 atom stereocenters. The Morgan fingerprint density at radius 1 is 1.22 bits per heavy atom. The van der Waals surface area contributed by atoms with Gasteiger partial charge in [-0.3, -0.25) is 0 Å². The van der Waals surface area contributed by atoms with Crippen LogP contribution in [0.25, 0.3) is 0 Å². The minimum absolute atomic E-state index is 0.0789. The van der Waals surface area contributed by atoms with Crippen LogP contribution in [0, 0.1) is 0 Å². The number of hydrogen-bond donors (Lipinski definition) is 1. The van der Waals surface area contributed by atoms with E-state index < -0.39 is 10.0 Å². The Hall–Kier alpha value is -2.03. The van der Waals surface area contributed by atoms with Gasteiger partial charge >= 0.3 is 0 Å². The van der Waals surface area contributed by atoms with Gasteiger partial charge in [0.1, 0.15) is 12.1 Å². The van der Waals surface area contributed by atoms with Crippen LogP contribution in [0.5, 0.6) is 0 Å². The lowest BCUT2D eigenvalue weighted by Crippen LogP contribution is -2.44. The molecule has 0 spiro atoms. The van der Waals surface area contributed by atoms with E-state index in [1.807, 2.05) is 12.1 Å². The molecule has 0 radical (unpaired) electrons. The predicted molar refractivity (Wildman–Crippen MR) is 104 cm³/mol. The molecule has 146 valence electrons. The topological polar surface area (TPSA) is 84.4 Å². The smallest absolute Gasteiger partial charge is 0.240 e. The predicted octanol–water partition coefficient (Wildman–Crippen LogP) is 2.13. The van der Waals surface area contributed by atoms with Crippen molar-refractivity contribution in [2.75, 3.05) is 25.1 Å². The quantitative estimate of drug-likeness (QED) is 0.780. The average molecular weight is 391 g/mol. The number of benzene rings is 1. The number of nitrogens with one attached hydrogen (secondary N) is 1. The Kier molecular flexibility index (Phi) is 6.41. The van der Waals surface area contributed by atoms with Crippen LogP contribution in [0.4, 0.5) is 5.82 Å². The monoisotopic (exact) mass is 390 g/mol. The molecule has 1 fully saturated rings. The molecule has 1 aliphatic heterocycles. The van der Waals surface area contributed by atoms with Crippen LogP contribution in [-0.4, -0.2) is 44.6 Å². The molecule has 1 aromatic heterocycles. The summed E-state index contributed by atoms with van der Waals surface area (Å²) in [6.45, 7) is 3.98. The second-order valence-electron chi connectivity index (χ2n) is 6.68. The summed E-state index contributed by atoms with van der Waals surface area (Å²) < 4.78 is 33.3.